The molecule has 0 aromatic carbocycles. The molecule has 0 amide bonds. The average Bonchev–Trinajstić information content (AvgIpc) is 1.46. The zero-order chi connectivity index (χ0) is 2.12. The van der Waals surface area contributed by atoms with Crippen LogP contribution in [0, 0.1) is 0 Å². The van der Waals surface area contributed by atoms with E-state index in [0.29, 0.717) is 0 Å². The van der Waals surface area contributed by atoms with Gasteiger partial charge in [-0.05, 0) is 0 Å². The van der Waals surface area contributed by atoms with Gasteiger partial charge in [0.15, 0.2) is 0 Å². The molecule has 0 unspecified atom stereocenters. The van der Waals surface area contributed by atoms with E-state index in [1.807, 2.05) is 0 Å². The summed E-state index contributed by atoms with van der Waals surface area (Å²) in [5.74, 6) is 0. The Kier molecular flexibility index (Phi) is 2.61. The van der Waals surface area contributed by atoms with Gasteiger partial charge in [0.05, 0.1) is 0 Å². The zero-order valence-corrected chi connectivity index (χ0v) is 5.41. The van der Waals surface area contributed by atoms with Gasteiger partial charge in [-0.1, -0.05) is 0 Å². The van der Waals surface area contributed by atoms with Crippen LogP contribution >= 0.6 is 0 Å². The van der Waals surface area contributed by atoms with Crippen LogP contribution in [0.5, 0.6) is 0 Å². The van der Waals surface area contributed by atoms with E-state index >= 15 is 0 Å². The van der Waals surface area contributed by atoms with E-state index in [9.17, 15) is 0 Å². The molecule has 0 aliphatic heterocycles. The Balaban J connectivity index is -0.0000000300. The minimum Gasteiger partial charge on any atom is -1.00 e. The molecule has 1 aromatic rings. The van der Waals surface area contributed by atoms with E-state index in [4.69, 9.17) is 0 Å². The molecule has 0 N–H and O–H groups in total. The Labute approximate surface area is 61.9 Å². The normalized spacial score (nSPS) is 6.00. The van der Waals surface area contributed by atoms with Gasteiger partial charge in [-0.25, -0.2) is 0 Å². The van der Waals surface area contributed by atoms with Crippen molar-refractivity contribution in [1.29, 1.82) is 0 Å². The monoisotopic (exact) mass is 138 g/mol. The first-order chi connectivity index (χ1) is 1.50. The van der Waals surface area contributed by atoms with Crippen molar-refractivity contribution in [2.24, 2.45) is 0 Å². The van der Waals surface area contributed by atoms with E-state index in [-0.39, 0.29) is 48.3 Å². The predicted octanol–water partition coefficient (Wildman–Crippen LogP) is 0.310. The fourth-order valence-electron chi connectivity index (χ4n) is 0. The van der Waals surface area contributed by atoms with Gasteiger partial charge in [0.1, 0.15) is 0 Å². The van der Waals surface area contributed by atoms with Gasteiger partial charge in [0, 0.05) is 14.2 Å². The number of hydrogen-bond donors (Lipinski definition) is 0. The van der Waals surface area contributed by atoms with E-state index in [0.717, 1.165) is 0 Å². The van der Waals surface area contributed by atoms with Crippen molar-refractivity contribution in [3.8, 4) is 0 Å². The van der Waals surface area contributed by atoms with Gasteiger partial charge < -0.3 is 2.85 Å². The second-order valence-electron chi connectivity index (χ2n) is 0.204. The molecule has 1 heterocycles. The van der Waals surface area contributed by atoms with Crippen molar-refractivity contribution in [3.05, 3.63) is 0 Å². The fraction of sp³-hybridized carbons (Fsp3) is 0. The molecule has 4 heteroatoms. The summed E-state index contributed by atoms with van der Waals surface area (Å²) in [6, 6.07) is 0. The molecule has 0 fully saturated rings. The van der Waals surface area contributed by atoms with Crippen LogP contribution in [0.25, 0.3) is 0 Å². The molecule has 0 saturated carbocycles. The van der Waals surface area contributed by atoms with Crippen LogP contribution in [0.1, 0.15) is 2.85 Å². The molecule has 3 nitrogen and oxygen atoms in total. The molecule has 0 radical (unpaired) electrons. The largest absolute Gasteiger partial charge is 2.00 e. The molecular weight excluding hydrogens is 136 g/mol. The number of rotatable bonds is 0. The first-order valence-electron chi connectivity index (χ1n) is 0.500. The van der Waals surface area contributed by atoms with Crippen molar-refractivity contribution >= 4 is 45.5 Å². The number of hydrogen-bond acceptors (Lipinski definition) is 3. The van der Waals surface area contributed by atoms with Crippen molar-refractivity contribution in [2.75, 3.05) is 0 Å². The van der Waals surface area contributed by atoms with E-state index < -0.39 is 0 Å². The van der Waals surface area contributed by atoms with Gasteiger partial charge >= 0.3 is 45.5 Å². The molecule has 0 bridgehead atoms. The standard InChI is InChI=1S/O3.Sr.2H/c1-2-3-1;;;/q;+2;2*-1. The Hall–Kier alpha value is 0.881. The van der Waals surface area contributed by atoms with E-state index in [1.165, 1.54) is 0 Å². The maximum atomic E-state index is 3.50. The molecule has 0 atom stereocenters. The Morgan fingerprint density at radius 1 is 1.00 bits per heavy atom. The maximum absolute atomic E-state index is 3.50. The summed E-state index contributed by atoms with van der Waals surface area (Å²) < 4.78 is 10.5. The summed E-state index contributed by atoms with van der Waals surface area (Å²) in [4.78, 5) is 0. The zero-order valence-electron chi connectivity index (χ0n) is 3.93. The summed E-state index contributed by atoms with van der Waals surface area (Å²) in [5, 5.41) is 0. The van der Waals surface area contributed by atoms with Crippen molar-refractivity contribution in [2.45, 2.75) is 0 Å². The third kappa shape index (κ3) is 2.88. The van der Waals surface area contributed by atoms with Crippen LogP contribution in [0.4, 0.5) is 0 Å². The van der Waals surface area contributed by atoms with Gasteiger partial charge in [0.25, 0.3) is 0 Å². The Bertz CT molecular complexity index is 36.9. The Morgan fingerprint density at radius 3 is 1.25 bits per heavy atom. The van der Waals surface area contributed by atoms with Crippen LogP contribution in [-0.4, -0.2) is 45.5 Å². The molecular formula is H2O3Sr. The van der Waals surface area contributed by atoms with Gasteiger partial charge in [-0.2, -0.15) is 0 Å². The second kappa shape index (κ2) is 2.14. The van der Waals surface area contributed by atoms with E-state index in [1.54, 1.807) is 0 Å². The summed E-state index contributed by atoms with van der Waals surface area (Å²) in [6.45, 7) is 0. The Morgan fingerprint density at radius 2 is 1.25 bits per heavy atom. The summed E-state index contributed by atoms with van der Waals surface area (Å²) in [6.07, 6.45) is 0. The molecule has 0 aliphatic rings. The van der Waals surface area contributed by atoms with Gasteiger partial charge in [-0.15, -0.1) is 0 Å². The predicted molar refractivity (Wildman–Crippen MR) is 11.2 cm³/mol. The first kappa shape index (κ1) is 4.88. The van der Waals surface area contributed by atoms with Gasteiger partial charge in [-0.3, -0.25) is 0 Å². The third-order valence-electron chi connectivity index (χ3n) is 0.0680. The van der Waals surface area contributed by atoms with Crippen molar-refractivity contribution in [1.82, 2.24) is 0 Å². The van der Waals surface area contributed by atoms with Crippen LogP contribution in [0.3, 0.4) is 0 Å². The minimum absolute atomic E-state index is 0. The minimum atomic E-state index is 0. The quantitative estimate of drug-likeness (QED) is 0.382. The van der Waals surface area contributed by atoms with Gasteiger partial charge in [0.2, 0.25) is 0 Å². The SMILES string of the molecule is [H-].[H-].[Sr+2].o1oo1. The maximum Gasteiger partial charge on any atom is 2.00 e. The molecule has 0 spiro atoms. The van der Waals surface area contributed by atoms with Crippen LogP contribution in [0.2, 0.25) is 0 Å². The van der Waals surface area contributed by atoms with E-state index in [2.05, 4.69) is 14.2 Å². The molecule has 1 aromatic heterocycles. The average molecular weight is 138 g/mol. The van der Waals surface area contributed by atoms with Crippen LogP contribution in [-0.2, 0) is 0 Å². The van der Waals surface area contributed by atoms with Crippen molar-refractivity contribution < 1.29 is 17.1 Å². The third-order valence-corrected chi connectivity index (χ3v) is 0.0680. The molecule has 0 aliphatic carbocycles. The first-order valence-corrected chi connectivity index (χ1v) is 0.500. The molecule has 4 heavy (non-hydrogen) atoms. The second-order valence-corrected chi connectivity index (χ2v) is 0.204. The smallest absolute Gasteiger partial charge is 1.00 e. The fourth-order valence-corrected chi connectivity index (χ4v) is 0. The summed E-state index contributed by atoms with van der Waals surface area (Å²) >= 11 is 0. The summed E-state index contributed by atoms with van der Waals surface area (Å²) in [5.41, 5.74) is 0. The molecule has 22 valence electrons. The van der Waals surface area contributed by atoms with Crippen LogP contribution < -0.4 is 0 Å². The van der Waals surface area contributed by atoms with Crippen LogP contribution in [0.15, 0.2) is 14.2 Å². The molecule has 0 saturated heterocycles. The summed E-state index contributed by atoms with van der Waals surface area (Å²) in [7, 11) is 0. The topological polar surface area (TPSA) is 39.4 Å². The van der Waals surface area contributed by atoms with Crippen molar-refractivity contribution in [3.63, 3.8) is 0 Å². The molecule has 1 rings (SSSR count).